The van der Waals surface area contributed by atoms with E-state index in [1.165, 1.54) is 21.8 Å². The van der Waals surface area contributed by atoms with Crippen LogP contribution in [0.5, 0.6) is 0 Å². The first-order valence-electron chi connectivity index (χ1n) is 8.17. The lowest BCUT2D eigenvalue weighted by molar-refractivity contribution is 0.578. The fourth-order valence-electron chi connectivity index (χ4n) is 3.36. The van der Waals surface area contributed by atoms with Crippen molar-refractivity contribution < 1.29 is 0 Å². The summed E-state index contributed by atoms with van der Waals surface area (Å²) in [5.74, 6) is 0. The molecule has 3 aromatic carbocycles. The van der Waals surface area contributed by atoms with E-state index in [0.717, 1.165) is 12.1 Å². The molecular weight excluding hydrogens is 280 g/mol. The number of hydrogen-bond acceptors (Lipinski definition) is 1. The molecule has 114 valence electrons. The average Bonchev–Trinajstić information content (AvgIpc) is 2.95. The molecule has 0 radical (unpaired) electrons. The van der Waals surface area contributed by atoms with Crippen LogP contribution in [0.2, 0.25) is 0 Å². The molecule has 0 aliphatic carbocycles. The molecular formula is C21H20N2. The first kappa shape index (κ1) is 13.9. The number of anilines is 1. The lowest BCUT2D eigenvalue weighted by atomic mass is 10.2. The molecule has 2 nitrogen and oxygen atoms in total. The van der Waals surface area contributed by atoms with Crippen molar-refractivity contribution in [3.8, 4) is 0 Å². The van der Waals surface area contributed by atoms with Crippen molar-refractivity contribution >= 4 is 27.5 Å². The summed E-state index contributed by atoms with van der Waals surface area (Å²) in [5.41, 5.74) is 3.72. The van der Waals surface area contributed by atoms with Crippen LogP contribution in [0.1, 0.15) is 19.5 Å². The first-order valence-corrected chi connectivity index (χ1v) is 8.17. The van der Waals surface area contributed by atoms with E-state index in [4.69, 9.17) is 0 Å². The highest BCUT2D eigenvalue weighted by Crippen LogP contribution is 2.33. The molecule has 1 unspecified atom stereocenters. The fraction of sp³-hybridized carbons (Fsp3) is 0.143. The van der Waals surface area contributed by atoms with Crippen LogP contribution in [-0.2, 0) is 0 Å². The number of hydrogen-bond donors (Lipinski definition) is 1. The Kier molecular flexibility index (Phi) is 3.51. The monoisotopic (exact) mass is 300 g/mol. The second-order valence-electron chi connectivity index (χ2n) is 5.84. The third kappa shape index (κ3) is 2.36. The maximum Gasteiger partial charge on any atom is 0.104 e. The Bertz CT molecular complexity index is 885. The van der Waals surface area contributed by atoms with Crippen molar-refractivity contribution in [3.05, 3.63) is 78.9 Å². The van der Waals surface area contributed by atoms with Crippen LogP contribution in [0.4, 0.5) is 5.69 Å². The second kappa shape index (κ2) is 5.81. The maximum absolute atomic E-state index is 3.68. The van der Waals surface area contributed by atoms with Crippen molar-refractivity contribution in [1.29, 1.82) is 0 Å². The Morgan fingerprint density at radius 1 is 0.739 bits per heavy atom. The Morgan fingerprint density at radius 3 is 1.83 bits per heavy atom. The van der Waals surface area contributed by atoms with Crippen LogP contribution in [0, 0.1) is 0 Å². The molecule has 0 saturated heterocycles. The summed E-state index contributed by atoms with van der Waals surface area (Å²) in [6.45, 7) is 2.23. The van der Waals surface area contributed by atoms with Crippen molar-refractivity contribution in [2.75, 3.05) is 5.32 Å². The summed E-state index contributed by atoms with van der Waals surface area (Å²) in [5, 5.41) is 6.31. The van der Waals surface area contributed by atoms with Gasteiger partial charge in [-0.15, -0.1) is 0 Å². The zero-order valence-electron chi connectivity index (χ0n) is 13.2. The molecule has 0 aliphatic rings. The van der Waals surface area contributed by atoms with Crippen molar-refractivity contribution in [2.45, 2.75) is 19.5 Å². The van der Waals surface area contributed by atoms with E-state index >= 15 is 0 Å². The van der Waals surface area contributed by atoms with E-state index in [9.17, 15) is 0 Å². The van der Waals surface area contributed by atoms with Gasteiger partial charge in [0.1, 0.15) is 6.17 Å². The summed E-state index contributed by atoms with van der Waals surface area (Å²) in [6, 6.07) is 27.7. The van der Waals surface area contributed by atoms with Gasteiger partial charge in [-0.25, -0.2) is 0 Å². The van der Waals surface area contributed by atoms with Gasteiger partial charge < -0.3 is 9.88 Å². The minimum Gasteiger partial charge on any atom is -0.365 e. The van der Waals surface area contributed by atoms with E-state index in [1.807, 2.05) is 6.07 Å². The minimum absolute atomic E-state index is 0.224. The molecule has 1 N–H and O–H groups in total. The van der Waals surface area contributed by atoms with Gasteiger partial charge in [-0.05, 0) is 30.7 Å². The molecule has 1 heterocycles. The zero-order chi connectivity index (χ0) is 15.6. The minimum atomic E-state index is 0.224. The van der Waals surface area contributed by atoms with E-state index in [0.29, 0.717) is 0 Å². The van der Waals surface area contributed by atoms with Crippen molar-refractivity contribution in [2.24, 2.45) is 0 Å². The molecule has 1 atom stereocenters. The fourth-order valence-corrected chi connectivity index (χ4v) is 3.36. The van der Waals surface area contributed by atoms with Crippen LogP contribution in [0.3, 0.4) is 0 Å². The van der Waals surface area contributed by atoms with E-state index in [2.05, 4.69) is 89.6 Å². The van der Waals surface area contributed by atoms with Gasteiger partial charge in [-0.3, -0.25) is 0 Å². The molecule has 0 fully saturated rings. The Labute approximate surface area is 136 Å². The summed E-state index contributed by atoms with van der Waals surface area (Å²) in [4.78, 5) is 0. The highest BCUT2D eigenvalue weighted by molar-refractivity contribution is 6.08. The van der Waals surface area contributed by atoms with E-state index < -0.39 is 0 Å². The predicted octanol–water partition coefficient (Wildman–Crippen LogP) is 5.82. The van der Waals surface area contributed by atoms with Crippen LogP contribution in [0.15, 0.2) is 78.9 Å². The molecule has 2 heteroatoms. The number of benzene rings is 3. The Hall–Kier alpha value is -2.74. The summed E-state index contributed by atoms with van der Waals surface area (Å²) >= 11 is 0. The highest BCUT2D eigenvalue weighted by atomic mass is 15.2. The largest absolute Gasteiger partial charge is 0.365 e. The normalized spacial score (nSPS) is 12.6. The summed E-state index contributed by atoms with van der Waals surface area (Å²) < 4.78 is 2.43. The molecule has 1 aromatic heterocycles. The summed E-state index contributed by atoms with van der Waals surface area (Å²) in [7, 11) is 0. The molecule has 0 bridgehead atoms. The standard InChI is InChI=1S/C21H20N2/c1-2-21(22-16-10-4-3-5-11-16)23-19-14-8-6-12-17(19)18-13-7-9-15-20(18)23/h3-15,21-22H,2H2,1H3. The van der Waals surface area contributed by atoms with Gasteiger partial charge in [0.2, 0.25) is 0 Å². The van der Waals surface area contributed by atoms with E-state index in [-0.39, 0.29) is 6.17 Å². The third-order valence-corrected chi connectivity index (χ3v) is 4.42. The molecule has 0 amide bonds. The maximum atomic E-state index is 3.68. The smallest absolute Gasteiger partial charge is 0.104 e. The lowest BCUT2D eigenvalue weighted by Crippen LogP contribution is -2.17. The average molecular weight is 300 g/mol. The third-order valence-electron chi connectivity index (χ3n) is 4.42. The number of para-hydroxylation sites is 3. The highest BCUT2D eigenvalue weighted by Gasteiger charge is 2.16. The van der Waals surface area contributed by atoms with Gasteiger partial charge in [0.05, 0.1) is 11.0 Å². The van der Waals surface area contributed by atoms with Gasteiger partial charge >= 0.3 is 0 Å². The molecule has 23 heavy (non-hydrogen) atoms. The number of fused-ring (bicyclic) bond motifs is 3. The summed E-state index contributed by atoms with van der Waals surface area (Å²) in [6.07, 6.45) is 1.24. The van der Waals surface area contributed by atoms with Gasteiger partial charge in [0, 0.05) is 16.5 Å². The quantitative estimate of drug-likeness (QED) is 0.503. The SMILES string of the molecule is CCC(Nc1ccccc1)n1c2ccccc2c2ccccc21. The van der Waals surface area contributed by atoms with Gasteiger partial charge in [-0.2, -0.15) is 0 Å². The number of nitrogens with one attached hydrogen (secondary N) is 1. The zero-order valence-corrected chi connectivity index (χ0v) is 13.2. The molecule has 4 aromatic rings. The molecule has 0 saturated carbocycles. The van der Waals surface area contributed by atoms with Crippen LogP contribution < -0.4 is 5.32 Å². The number of nitrogens with zero attached hydrogens (tertiary/aromatic N) is 1. The molecule has 0 spiro atoms. The van der Waals surface area contributed by atoms with Crippen LogP contribution in [0.25, 0.3) is 21.8 Å². The van der Waals surface area contributed by atoms with Gasteiger partial charge in [0.15, 0.2) is 0 Å². The topological polar surface area (TPSA) is 17.0 Å². The Morgan fingerprint density at radius 2 is 1.26 bits per heavy atom. The first-order chi connectivity index (χ1) is 11.4. The van der Waals surface area contributed by atoms with E-state index in [1.54, 1.807) is 0 Å². The van der Waals surface area contributed by atoms with Crippen LogP contribution in [-0.4, -0.2) is 4.57 Å². The number of rotatable bonds is 4. The molecule has 4 rings (SSSR count). The van der Waals surface area contributed by atoms with Gasteiger partial charge in [-0.1, -0.05) is 61.5 Å². The van der Waals surface area contributed by atoms with Crippen molar-refractivity contribution in [3.63, 3.8) is 0 Å². The van der Waals surface area contributed by atoms with Crippen molar-refractivity contribution in [1.82, 2.24) is 4.57 Å². The van der Waals surface area contributed by atoms with Crippen LogP contribution >= 0.6 is 0 Å². The predicted molar refractivity (Wildman–Crippen MR) is 98.8 cm³/mol. The second-order valence-corrected chi connectivity index (χ2v) is 5.84. The molecule has 0 aliphatic heterocycles. The number of aromatic nitrogens is 1. The van der Waals surface area contributed by atoms with Gasteiger partial charge in [0.25, 0.3) is 0 Å². The lowest BCUT2D eigenvalue weighted by Gasteiger charge is -2.22. The Balaban J connectivity index is 1.91.